The van der Waals surface area contributed by atoms with Gasteiger partial charge in [0.05, 0.1) is 11.6 Å². The number of rotatable bonds is 5. The molecule has 1 aromatic heterocycles. The molecular weight excluding hydrogens is 295 g/mol. The minimum Gasteiger partial charge on any atom is -0.491 e. The fourth-order valence-electron chi connectivity index (χ4n) is 1.22. The number of hydrogen-bond donors (Lipinski definition) is 0. The highest BCUT2D eigenvalue weighted by Gasteiger charge is 2.04. The van der Waals surface area contributed by atoms with E-state index in [9.17, 15) is 0 Å². The van der Waals surface area contributed by atoms with Gasteiger partial charge in [-0.1, -0.05) is 35.0 Å². The molecule has 0 saturated heterocycles. The van der Waals surface area contributed by atoms with Gasteiger partial charge in [-0.25, -0.2) is 4.68 Å². The smallest absolute Gasteiger partial charge is 0.209 e. The van der Waals surface area contributed by atoms with E-state index in [-0.39, 0.29) is 0 Å². The fourth-order valence-corrected chi connectivity index (χ4v) is 2.35. The highest BCUT2D eigenvalue weighted by Crippen LogP contribution is 2.27. The van der Waals surface area contributed by atoms with Crippen molar-refractivity contribution in [3.8, 4) is 5.75 Å². The number of tetrazole rings is 1. The molecule has 0 aliphatic heterocycles. The van der Waals surface area contributed by atoms with Crippen LogP contribution in [-0.2, 0) is 7.05 Å². The van der Waals surface area contributed by atoms with Crippen LogP contribution in [0, 0.1) is 0 Å². The standard InChI is InChI=1S/C10H10Cl2N4OS/c1-16-10(13-14-15-16)18-5-4-17-9-3-2-7(11)6-8(9)12/h2-3,6H,4-5H2,1H3. The van der Waals surface area contributed by atoms with Gasteiger partial charge in [0.25, 0.3) is 0 Å². The first-order valence-corrected chi connectivity index (χ1v) is 6.84. The van der Waals surface area contributed by atoms with Crippen LogP contribution in [0.4, 0.5) is 0 Å². The van der Waals surface area contributed by atoms with Gasteiger partial charge in [-0.05, 0) is 28.6 Å². The van der Waals surface area contributed by atoms with Crippen LogP contribution in [0.5, 0.6) is 5.75 Å². The molecule has 1 aromatic carbocycles. The molecule has 1 heterocycles. The second-order valence-corrected chi connectivity index (χ2v) is 5.26. The summed E-state index contributed by atoms with van der Waals surface area (Å²) in [6.45, 7) is 0.513. The van der Waals surface area contributed by atoms with Crippen LogP contribution in [0.1, 0.15) is 0 Å². The van der Waals surface area contributed by atoms with Crippen LogP contribution in [0.15, 0.2) is 23.4 Å². The van der Waals surface area contributed by atoms with Crippen LogP contribution in [-0.4, -0.2) is 32.6 Å². The molecule has 0 saturated carbocycles. The van der Waals surface area contributed by atoms with E-state index in [2.05, 4.69) is 15.5 Å². The second kappa shape index (κ2) is 6.26. The molecule has 0 radical (unpaired) electrons. The summed E-state index contributed by atoms with van der Waals surface area (Å²) in [7, 11) is 1.79. The molecule has 0 spiro atoms. The van der Waals surface area contributed by atoms with E-state index in [0.29, 0.717) is 22.4 Å². The predicted octanol–water partition coefficient (Wildman–Crippen LogP) is 2.69. The number of benzene rings is 1. The average molecular weight is 305 g/mol. The Hall–Kier alpha value is -0.980. The number of thioether (sulfide) groups is 1. The second-order valence-electron chi connectivity index (χ2n) is 3.36. The molecule has 8 heteroatoms. The van der Waals surface area contributed by atoms with Gasteiger partial charge in [0.2, 0.25) is 5.16 Å². The topological polar surface area (TPSA) is 52.8 Å². The molecule has 2 aromatic rings. The van der Waals surface area contributed by atoms with E-state index >= 15 is 0 Å². The van der Waals surface area contributed by atoms with Crippen LogP contribution >= 0.6 is 35.0 Å². The zero-order valence-electron chi connectivity index (χ0n) is 9.51. The van der Waals surface area contributed by atoms with Gasteiger partial charge in [-0.2, -0.15) is 0 Å². The van der Waals surface area contributed by atoms with E-state index in [4.69, 9.17) is 27.9 Å². The molecular formula is C10H10Cl2N4OS. The average Bonchev–Trinajstić information content (AvgIpc) is 2.73. The van der Waals surface area contributed by atoms with Crippen molar-refractivity contribution in [2.24, 2.45) is 7.05 Å². The van der Waals surface area contributed by atoms with Gasteiger partial charge in [-0.15, -0.1) is 5.10 Å². The van der Waals surface area contributed by atoms with Gasteiger partial charge in [0.15, 0.2) is 0 Å². The summed E-state index contributed by atoms with van der Waals surface area (Å²) >= 11 is 13.3. The third-order valence-corrected chi connectivity index (χ3v) is 3.55. The third-order valence-electron chi connectivity index (χ3n) is 2.05. The van der Waals surface area contributed by atoms with Crippen molar-refractivity contribution in [2.75, 3.05) is 12.4 Å². The molecule has 2 rings (SSSR count). The normalized spacial score (nSPS) is 10.6. The Morgan fingerprint density at radius 3 is 2.89 bits per heavy atom. The Balaban J connectivity index is 1.80. The molecule has 0 atom stereocenters. The summed E-state index contributed by atoms with van der Waals surface area (Å²) in [5.41, 5.74) is 0. The van der Waals surface area contributed by atoms with Crippen LogP contribution in [0.2, 0.25) is 10.0 Å². The summed E-state index contributed by atoms with van der Waals surface area (Å²) in [4.78, 5) is 0. The van der Waals surface area contributed by atoms with E-state index in [0.717, 1.165) is 10.9 Å². The zero-order chi connectivity index (χ0) is 13.0. The number of halogens is 2. The zero-order valence-corrected chi connectivity index (χ0v) is 11.8. The fraction of sp³-hybridized carbons (Fsp3) is 0.300. The monoisotopic (exact) mass is 304 g/mol. The highest BCUT2D eigenvalue weighted by atomic mass is 35.5. The summed E-state index contributed by atoms with van der Waals surface area (Å²) in [6, 6.07) is 5.14. The Bertz CT molecular complexity index is 534. The van der Waals surface area contributed by atoms with Gasteiger partial charge < -0.3 is 4.74 Å². The third kappa shape index (κ3) is 3.51. The van der Waals surface area contributed by atoms with Crippen LogP contribution in [0.3, 0.4) is 0 Å². The number of aryl methyl sites for hydroxylation is 1. The molecule has 0 bridgehead atoms. The van der Waals surface area contributed by atoms with Crippen molar-refractivity contribution in [3.05, 3.63) is 28.2 Å². The maximum Gasteiger partial charge on any atom is 0.209 e. The van der Waals surface area contributed by atoms with Gasteiger partial charge in [-0.3, -0.25) is 0 Å². The lowest BCUT2D eigenvalue weighted by molar-refractivity contribution is 0.344. The Kier molecular flexibility index (Phi) is 4.68. The molecule has 0 fully saturated rings. The lowest BCUT2D eigenvalue weighted by Gasteiger charge is -2.07. The Morgan fingerprint density at radius 2 is 2.22 bits per heavy atom. The van der Waals surface area contributed by atoms with Crippen molar-refractivity contribution in [1.29, 1.82) is 0 Å². The number of nitrogens with zero attached hydrogens (tertiary/aromatic N) is 4. The van der Waals surface area contributed by atoms with E-state index in [1.54, 1.807) is 29.9 Å². The lowest BCUT2D eigenvalue weighted by Crippen LogP contribution is -2.02. The number of hydrogen-bond acceptors (Lipinski definition) is 5. The first kappa shape index (κ1) is 13.5. The summed E-state index contributed by atoms with van der Waals surface area (Å²) < 4.78 is 7.15. The van der Waals surface area contributed by atoms with Crippen molar-refractivity contribution in [1.82, 2.24) is 20.2 Å². The largest absolute Gasteiger partial charge is 0.491 e. The van der Waals surface area contributed by atoms with E-state index < -0.39 is 0 Å². The first-order chi connectivity index (χ1) is 8.66. The van der Waals surface area contributed by atoms with Crippen molar-refractivity contribution in [2.45, 2.75) is 5.16 Å². The number of ether oxygens (including phenoxy) is 1. The molecule has 18 heavy (non-hydrogen) atoms. The maximum atomic E-state index is 5.98. The molecule has 0 amide bonds. The Morgan fingerprint density at radius 1 is 1.39 bits per heavy atom. The number of aromatic nitrogens is 4. The quantitative estimate of drug-likeness (QED) is 0.628. The molecule has 0 unspecified atom stereocenters. The molecule has 0 aliphatic rings. The summed E-state index contributed by atoms with van der Waals surface area (Å²) in [5, 5.41) is 13.0. The summed E-state index contributed by atoms with van der Waals surface area (Å²) in [6.07, 6.45) is 0. The molecule has 5 nitrogen and oxygen atoms in total. The van der Waals surface area contributed by atoms with Gasteiger partial charge in [0, 0.05) is 17.8 Å². The molecule has 0 aliphatic carbocycles. The Labute approximate surface area is 118 Å². The van der Waals surface area contributed by atoms with E-state index in [1.807, 2.05) is 0 Å². The molecule has 96 valence electrons. The van der Waals surface area contributed by atoms with Crippen LogP contribution < -0.4 is 4.74 Å². The summed E-state index contributed by atoms with van der Waals surface area (Å²) in [5.74, 6) is 1.35. The van der Waals surface area contributed by atoms with Crippen molar-refractivity contribution >= 4 is 35.0 Å². The van der Waals surface area contributed by atoms with Gasteiger partial charge >= 0.3 is 0 Å². The predicted molar refractivity (Wildman–Crippen MR) is 71.5 cm³/mol. The minimum atomic E-state index is 0.507. The maximum absolute atomic E-state index is 5.98. The first-order valence-electron chi connectivity index (χ1n) is 5.10. The highest BCUT2D eigenvalue weighted by molar-refractivity contribution is 7.99. The molecule has 0 N–H and O–H groups in total. The van der Waals surface area contributed by atoms with E-state index in [1.165, 1.54) is 11.8 Å². The van der Waals surface area contributed by atoms with Gasteiger partial charge in [0.1, 0.15) is 5.75 Å². The SMILES string of the molecule is Cn1nnnc1SCCOc1ccc(Cl)cc1Cl. The minimum absolute atomic E-state index is 0.507. The van der Waals surface area contributed by atoms with Crippen molar-refractivity contribution in [3.63, 3.8) is 0 Å². The van der Waals surface area contributed by atoms with Crippen LogP contribution in [0.25, 0.3) is 0 Å². The lowest BCUT2D eigenvalue weighted by atomic mass is 10.3. The van der Waals surface area contributed by atoms with Crippen molar-refractivity contribution < 1.29 is 4.74 Å².